The molecule has 1 saturated carbocycles. The second-order valence-corrected chi connectivity index (χ2v) is 4.13. The fourth-order valence-electron chi connectivity index (χ4n) is 1.71. The van der Waals surface area contributed by atoms with E-state index in [-0.39, 0.29) is 12.1 Å². The summed E-state index contributed by atoms with van der Waals surface area (Å²) in [7, 11) is 0. The van der Waals surface area contributed by atoms with Crippen LogP contribution in [0.3, 0.4) is 0 Å². The van der Waals surface area contributed by atoms with Crippen molar-refractivity contribution in [2.45, 2.75) is 51.2 Å². The Balaban J connectivity index is 2.19. The number of unbranched alkanes of at least 4 members (excludes halogenated alkanes) is 1. The number of hydrogen-bond acceptors (Lipinski definition) is 4. The Morgan fingerprint density at radius 3 is 2.67 bits per heavy atom. The number of nitrogens with two attached hydrogens (primary N) is 1. The zero-order chi connectivity index (χ0) is 11.3. The molecule has 0 aromatic heterocycles. The topological polar surface area (TPSA) is 61.5 Å². The van der Waals surface area contributed by atoms with Gasteiger partial charge in [-0.3, -0.25) is 4.79 Å². The molecule has 1 aliphatic carbocycles. The highest BCUT2D eigenvalue weighted by Crippen LogP contribution is 2.33. The molecule has 0 aromatic carbocycles. The van der Waals surface area contributed by atoms with Crippen LogP contribution in [0.15, 0.2) is 0 Å². The predicted octanol–water partition coefficient (Wildman–Crippen LogP) is 1.23. The van der Waals surface area contributed by atoms with Gasteiger partial charge in [-0.15, -0.1) is 0 Å². The number of esters is 1. The van der Waals surface area contributed by atoms with E-state index in [9.17, 15) is 4.79 Å². The van der Waals surface area contributed by atoms with Gasteiger partial charge in [0.05, 0.1) is 12.7 Å². The smallest absolute Gasteiger partial charge is 0.326 e. The first kappa shape index (κ1) is 12.5. The van der Waals surface area contributed by atoms with E-state index in [2.05, 4.69) is 6.92 Å². The lowest BCUT2D eigenvalue weighted by Gasteiger charge is -2.42. The van der Waals surface area contributed by atoms with Crippen molar-refractivity contribution in [2.75, 3.05) is 13.2 Å². The number of hydrogen-bond donors (Lipinski definition) is 1. The van der Waals surface area contributed by atoms with Crippen molar-refractivity contribution in [2.24, 2.45) is 5.73 Å². The maximum absolute atomic E-state index is 11.4. The molecule has 0 spiro atoms. The molecule has 0 aliphatic heterocycles. The van der Waals surface area contributed by atoms with Gasteiger partial charge in [-0.2, -0.15) is 0 Å². The molecule has 1 aliphatic rings. The van der Waals surface area contributed by atoms with Crippen molar-refractivity contribution in [3.8, 4) is 0 Å². The van der Waals surface area contributed by atoms with Gasteiger partial charge in [0.1, 0.15) is 5.54 Å². The highest BCUT2D eigenvalue weighted by atomic mass is 16.5. The summed E-state index contributed by atoms with van der Waals surface area (Å²) in [6.45, 7) is 5.06. The molecule has 1 fully saturated rings. The number of rotatable bonds is 6. The third kappa shape index (κ3) is 3.18. The van der Waals surface area contributed by atoms with Crippen LogP contribution in [-0.4, -0.2) is 30.8 Å². The first-order valence-electron chi connectivity index (χ1n) is 5.70. The van der Waals surface area contributed by atoms with Gasteiger partial charge in [0.2, 0.25) is 0 Å². The molecule has 0 radical (unpaired) electrons. The van der Waals surface area contributed by atoms with Gasteiger partial charge in [-0.25, -0.2) is 0 Å². The maximum atomic E-state index is 11.4. The Morgan fingerprint density at radius 1 is 1.47 bits per heavy atom. The van der Waals surface area contributed by atoms with E-state index in [1.165, 1.54) is 0 Å². The molecular weight excluding hydrogens is 194 g/mol. The van der Waals surface area contributed by atoms with Crippen LogP contribution in [-0.2, 0) is 14.3 Å². The zero-order valence-corrected chi connectivity index (χ0v) is 9.62. The summed E-state index contributed by atoms with van der Waals surface area (Å²) >= 11 is 0. The van der Waals surface area contributed by atoms with E-state index in [4.69, 9.17) is 15.2 Å². The van der Waals surface area contributed by atoms with Crippen molar-refractivity contribution in [1.82, 2.24) is 0 Å². The van der Waals surface area contributed by atoms with Gasteiger partial charge in [-0.05, 0) is 13.3 Å². The van der Waals surface area contributed by atoms with Crippen LogP contribution in [0.4, 0.5) is 0 Å². The van der Waals surface area contributed by atoms with Gasteiger partial charge in [0.25, 0.3) is 0 Å². The highest BCUT2D eigenvalue weighted by molar-refractivity contribution is 5.82. The van der Waals surface area contributed by atoms with Crippen LogP contribution >= 0.6 is 0 Å². The summed E-state index contributed by atoms with van der Waals surface area (Å²) in [5, 5.41) is 0. The Hall–Kier alpha value is -0.610. The average molecular weight is 215 g/mol. The lowest BCUT2D eigenvalue weighted by molar-refractivity contribution is -0.160. The van der Waals surface area contributed by atoms with Crippen LogP contribution in [0.1, 0.15) is 39.5 Å². The van der Waals surface area contributed by atoms with Gasteiger partial charge < -0.3 is 15.2 Å². The SMILES string of the molecule is CCCCO[C@H]1C[C@@](N)(C(=O)OCC)C1. The summed E-state index contributed by atoms with van der Waals surface area (Å²) < 4.78 is 10.5. The minimum Gasteiger partial charge on any atom is -0.465 e. The van der Waals surface area contributed by atoms with E-state index in [1.54, 1.807) is 6.92 Å². The Labute approximate surface area is 91.1 Å². The average Bonchev–Trinajstić information content (AvgIpc) is 2.15. The lowest BCUT2D eigenvalue weighted by atomic mass is 9.75. The molecular formula is C11H21NO3. The number of carbonyl (C=O) groups is 1. The molecule has 0 aromatic rings. The second kappa shape index (κ2) is 5.47. The summed E-state index contributed by atoms with van der Waals surface area (Å²) in [6, 6.07) is 0. The van der Waals surface area contributed by atoms with Crippen molar-refractivity contribution < 1.29 is 14.3 Å². The van der Waals surface area contributed by atoms with Gasteiger partial charge in [0, 0.05) is 19.4 Å². The molecule has 0 amide bonds. The molecule has 15 heavy (non-hydrogen) atoms. The molecule has 88 valence electrons. The fourth-order valence-corrected chi connectivity index (χ4v) is 1.71. The third-order valence-electron chi connectivity index (χ3n) is 2.72. The summed E-state index contributed by atoms with van der Waals surface area (Å²) in [6.07, 6.45) is 3.52. The van der Waals surface area contributed by atoms with Crippen molar-refractivity contribution in [3.05, 3.63) is 0 Å². The molecule has 0 bridgehead atoms. The predicted molar refractivity (Wildman–Crippen MR) is 57.4 cm³/mol. The summed E-state index contributed by atoms with van der Waals surface area (Å²) in [5.74, 6) is -0.291. The van der Waals surface area contributed by atoms with E-state index in [0.29, 0.717) is 19.4 Å². The van der Waals surface area contributed by atoms with E-state index in [1.807, 2.05) is 0 Å². The second-order valence-electron chi connectivity index (χ2n) is 4.13. The van der Waals surface area contributed by atoms with Crippen molar-refractivity contribution >= 4 is 5.97 Å². The molecule has 0 saturated heterocycles. The van der Waals surface area contributed by atoms with Crippen LogP contribution in [0.25, 0.3) is 0 Å². The van der Waals surface area contributed by atoms with E-state index >= 15 is 0 Å². The summed E-state index contributed by atoms with van der Waals surface area (Å²) in [5.41, 5.74) is 5.09. The zero-order valence-electron chi connectivity index (χ0n) is 9.62. The molecule has 0 unspecified atom stereocenters. The minimum atomic E-state index is -0.785. The molecule has 4 heteroatoms. The van der Waals surface area contributed by atoms with Gasteiger partial charge in [0.15, 0.2) is 0 Å². The van der Waals surface area contributed by atoms with Crippen molar-refractivity contribution in [3.63, 3.8) is 0 Å². The van der Waals surface area contributed by atoms with Crippen LogP contribution < -0.4 is 5.73 Å². The molecule has 0 atom stereocenters. The van der Waals surface area contributed by atoms with Crippen LogP contribution in [0.2, 0.25) is 0 Å². The van der Waals surface area contributed by atoms with E-state index in [0.717, 1.165) is 19.4 Å². The highest BCUT2D eigenvalue weighted by Gasteiger charge is 2.48. The molecule has 2 N–H and O–H groups in total. The van der Waals surface area contributed by atoms with Gasteiger partial charge >= 0.3 is 5.97 Å². The maximum Gasteiger partial charge on any atom is 0.326 e. The standard InChI is InChI=1S/C11H21NO3/c1-3-5-6-15-9-7-11(12,8-9)10(13)14-4-2/h9H,3-8,12H2,1-2H3/t9-,11-. The van der Waals surface area contributed by atoms with Crippen molar-refractivity contribution in [1.29, 1.82) is 0 Å². The molecule has 4 nitrogen and oxygen atoms in total. The van der Waals surface area contributed by atoms with E-state index < -0.39 is 5.54 Å². The Morgan fingerprint density at radius 2 is 2.13 bits per heavy atom. The quantitative estimate of drug-likeness (QED) is 0.534. The molecule has 1 rings (SSSR count). The normalized spacial score (nSPS) is 29.7. The summed E-state index contributed by atoms with van der Waals surface area (Å²) in [4.78, 5) is 11.4. The largest absolute Gasteiger partial charge is 0.465 e. The Bertz CT molecular complexity index is 212. The minimum absolute atomic E-state index is 0.144. The third-order valence-corrected chi connectivity index (χ3v) is 2.72. The van der Waals surface area contributed by atoms with Gasteiger partial charge in [-0.1, -0.05) is 13.3 Å². The first-order chi connectivity index (χ1) is 7.12. The lowest BCUT2D eigenvalue weighted by Crippen LogP contribution is -2.61. The Kier molecular flexibility index (Phi) is 4.54. The van der Waals surface area contributed by atoms with Crippen LogP contribution in [0, 0.1) is 0 Å². The fraction of sp³-hybridized carbons (Fsp3) is 0.909. The molecule has 0 heterocycles. The first-order valence-corrected chi connectivity index (χ1v) is 5.70. The number of carbonyl (C=O) groups excluding carboxylic acids is 1. The van der Waals surface area contributed by atoms with Crippen LogP contribution in [0.5, 0.6) is 0 Å². The monoisotopic (exact) mass is 215 g/mol. The number of ether oxygens (including phenoxy) is 2.